The predicted molar refractivity (Wildman–Crippen MR) is 118 cm³/mol. The Morgan fingerprint density at radius 3 is 2.37 bits per heavy atom. The molecule has 6 heteroatoms. The molecule has 0 aliphatic carbocycles. The fourth-order valence-electron chi connectivity index (χ4n) is 3.42. The molecule has 0 fully saturated rings. The Bertz CT molecular complexity index is 1330. The summed E-state index contributed by atoms with van der Waals surface area (Å²) in [5.74, 6) is 1.94. The van der Waals surface area contributed by atoms with Crippen molar-refractivity contribution in [3.05, 3.63) is 90.8 Å². The molecule has 0 radical (unpaired) electrons. The Kier molecular flexibility index (Phi) is 4.37. The van der Waals surface area contributed by atoms with Crippen molar-refractivity contribution in [2.24, 2.45) is 0 Å². The van der Waals surface area contributed by atoms with E-state index in [9.17, 15) is 0 Å². The third-order valence-corrected chi connectivity index (χ3v) is 4.85. The van der Waals surface area contributed by atoms with Gasteiger partial charge in [-0.15, -0.1) is 0 Å². The van der Waals surface area contributed by atoms with Gasteiger partial charge in [-0.25, -0.2) is 14.6 Å². The summed E-state index contributed by atoms with van der Waals surface area (Å²) in [7, 11) is 0. The van der Waals surface area contributed by atoms with Crippen LogP contribution in [0.25, 0.3) is 28.0 Å². The van der Waals surface area contributed by atoms with Gasteiger partial charge in [-0.2, -0.15) is 5.10 Å². The van der Waals surface area contributed by atoms with Crippen molar-refractivity contribution in [2.75, 3.05) is 5.73 Å². The fraction of sp³-hybridized carbons (Fsp3) is 0.0417. The number of para-hydroxylation sites is 1. The van der Waals surface area contributed by atoms with Gasteiger partial charge < -0.3 is 10.5 Å². The zero-order chi connectivity index (χ0) is 20.5. The fourth-order valence-corrected chi connectivity index (χ4v) is 3.42. The zero-order valence-electron chi connectivity index (χ0n) is 16.4. The van der Waals surface area contributed by atoms with Gasteiger partial charge in [0.05, 0.1) is 11.1 Å². The van der Waals surface area contributed by atoms with Gasteiger partial charge in [0.1, 0.15) is 29.3 Å². The van der Waals surface area contributed by atoms with E-state index in [1.54, 1.807) is 0 Å². The molecule has 2 heterocycles. The number of aromatic nitrogens is 4. The number of hydrogen-bond donors (Lipinski definition) is 1. The van der Waals surface area contributed by atoms with Crippen molar-refractivity contribution in [1.29, 1.82) is 0 Å². The third kappa shape index (κ3) is 3.24. The van der Waals surface area contributed by atoms with Crippen molar-refractivity contribution < 1.29 is 4.74 Å². The minimum absolute atomic E-state index is 0.401. The van der Waals surface area contributed by atoms with Gasteiger partial charge in [0, 0.05) is 5.56 Å². The summed E-state index contributed by atoms with van der Waals surface area (Å²) in [4.78, 5) is 8.63. The molecule has 5 rings (SSSR count). The second kappa shape index (κ2) is 7.33. The van der Waals surface area contributed by atoms with Crippen LogP contribution in [0.4, 0.5) is 5.82 Å². The summed E-state index contributed by atoms with van der Waals surface area (Å²) in [5.41, 5.74) is 10.6. The molecule has 0 spiro atoms. The van der Waals surface area contributed by atoms with Crippen LogP contribution in [0.1, 0.15) is 5.56 Å². The van der Waals surface area contributed by atoms with Crippen LogP contribution in [-0.4, -0.2) is 19.7 Å². The van der Waals surface area contributed by atoms with Gasteiger partial charge in [-0.05, 0) is 61.0 Å². The lowest BCUT2D eigenvalue weighted by Crippen LogP contribution is -1.99. The molecular weight excluding hydrogens is 374 g/mol. The van der Waals surface area contributed by atoms with Gasteiger partial charge in [-0.3, -0.25) is 0 Å². The van der Waals surface area contributed by atoms with Crippen LogP contribution in [0.15, 0.2) is 85.2 Å². The Morgan fingerprint density at radius 2 is 1.60 bits per heavy atom. The summed E-state index contributed by atoms with van der Waals surface area (Å²) in [5, 5.41) is 5.57. The average molecular weight is 393 g/mol. The number of ether oxygens (including phenoxy) is 1. The lowest BCUT2D eigenvalue weighted by molar-refractivity contribution is 0.483. The van der Waals surface area contributed by atoms with E-state index in [0.29, 0.717) is 11.5 Å². The molecule has 0 saturated heterocycles. The average Bonchev–Trinajstić information content (AvgIpc) is 3.16. The maximum absolute atomic E-state index is 6.22. The van der Waals surface area contributed by atoms with Crippen LogP contribution in [0.3, 0.4) is 0 Å². The van der Waals surface area contributed by atoms with Crippen LogP contribution in [0, 0.1) is 6.92 Å². The Morgan fingerprint density at radius 1 is 0.833 bits per heavy atom. The van der Waals surface area contributed by atoms with Crippen LogP contribution in [0.2, 0.25) is 0 Å². The van der Waals surface area contributed by atoms with E-state index >= 15 is 0 Å². The van der Waals surface area contributed by atoms with Crippen molar-refractivity contribution >= 4 is 16.9 Å². The Hall–Kier alpha value is -4.19. The SMILES string of the molecule is Cc1cccc(-n2nc(-c3ccc(Oc4ccccc4)cc3)c3c(N)ncnc32)c1. The molecule has 2 N–H and O–H groups in total. The van der Waals surface area contributed by atoms with Crippen molar-refractivity contribution in [3.63, 3.8) is 0 Å². The van der Waals surface area contributed by atoms with Gasteiger partial charge >= 0.3 is 0 Å². The zero-order valence-corrected chi connectivity index (χ0v) is 16.4. The smallest absolute Gasteiger partial charge is 0.169 e. The second-order valence-corrected chi connectivity index (χ2v) is 7.00. The highest BCUT2D eigenvalue weighted by atomic mass is 16.5. The van der Waals surface area contributed by atoms with E-state index in [-0.39, 0.29) is 0 Å². The molecule has 0 unspecified atom stereocenters. The van der Waals surface area contributed by atoms with E-state index in [0.717, 1.165) is 39.4 Å². The summed E-state index contributed by atoms with van der Waals surface area (Å²) < 4.78 is 7.70. The lowest BCUT2D eigenvalue weighted by Gasteiger charge is -2.06. The van der Waals surface area contributed by atoms with E-state index in [1.807, 2.05) is 84.4 Å². The Balaban J connectivity index is 1.59. The van der Waals surface area contributed by atoms with Crippen LogP contribution in [0.5, 0.6) is 11.5 Å². The van der Waals surface area contributed by atoms with Crippen LogP contribution >= 0.6 is 0 Å². The highest BCUT2D eigenvalue weighted by molar-refractivity contribution is 5.98. The largest absolute Gasteiger partial charge is 0.457 e. The molecule has 0 aliphatic heterocycles. The monoisotopic (exact) mass is 393 g/mol. The molecule has 3 aromatic carbocycles. The predicted octanol–water partition coefficient (Wildman–Crippen LogP) is 5.17. The number of nitrogens with two attached hydrogens (primary N) is 1. The first-order valence-electron chi connectivity index (χ1n) is 9.58. The van der Waals surface area contributed by atoms with Gasteiger partial charge in [-0.1, -0.05) is 30.3 Å². The molecular formula is C24H19N5O. The summed E-state index contributed by atoms with van der Waals surface area (Å²) >= 11 is 0. The van der Waals surface area contributed by atoms with E-state index in [1.165, 1.54) is 6.33 Å². The van der Waals surface area contributed by atoms with Crippen LogP contribution in [-0.2, 0) is 0 Å². The third-order valence-electron chi connectivity index (χ3n) is 4.85. The second-order valence-electron chi connectivity index (χ2n) is 7.00. The van der Waals surface area contributed by atoms with Crippen LogP contribution < -0.4 is 10.5 Å². The summed E-state index contributed by atoms with van der Waals surface area (Å²) in [6, 6.07) is 25.5. The number of rotatable bonds is 4. The van der Waals surface area contributed by atoms with E-state index < -0.39 is 0 Å². The minimum atomic E-state index is 0.401. The molecule has 0 amide bonds. The maximum Gasteiger partial charge on any atom is 0.169 e. The standard InChI is InChI=1S/C24H19N5O/c1-16-6-5-7-18(14-16)29-24-21(23(25)26-15-27-24)22(28-29)17-10-12-20(13-11-17)30-19-8-3-2-4-9-19/h2-15H,1H3,(H2,25,26,27). The molecule has 0 atom stereocenters. The van der Waals surface area contributed by atoms with Crippen molar-refractivity contribution in [2.45, 2.75) is 6.92 Å². The Labute approximate surface area is 173 Å². The number of anilines is 1. The van der Waals surface area contributed by atoms with E-state index in [4.69, 9.17) is 15.6 Å². The van der Waals surface area contributed by atoms with Crippen molar-refractivity contribution in [3.8, 4) is 28.4 Å². The molecule has 0 aliphatic rings. The molecule has 30 heavy (non-hydrogen) atoms. The summed E-state index contributed by atoms with van der Waals surface area (Å²) in [6.07, 6.45) is 1.46. The summed E-state index contributed by atoms with van der Waals surface area (Å²) in [6.45, 7) is 2.05. The highest BCUT2D eigenvalue weighted by Gasteiger charge is 2.18. The quantitative estimate of drug-likeness (QED) is 0.456. The van der Waals surface area contributed by atoms with Gasteiger partial charge in [0.15, 0.2) is 5.65 Å². The molecule has 0 saturated carbocycles. The number of nitrogen functional groups attached to an aromatic ring is 1. The maximum atomic E-state index is 6.22. The van der Waals surface area contributed by atoms with Gasteiger partial charge in [0.25, 0.3) is 0 Å². The molecule has 2 aromatic heterocycles. The topological polar surface area (TPSA) is 78.9 Å². The number of benzene rings is 3. The molecule has 0 bridgehead atoms. The minimum Gasteiger partial charge on any atom is -0.457 e. The molecule has 5 aromatic rings. The van der Waals surface area contributed by atoms with Gasteiger partial charge in [0.2, 0.25) is 0 Å². The molecule has 6 nitrogen and oxygen atoms in total. The molecule has 146 valence electrons. The normalized spacial score (nSPS) is 11.0. The first kappa shape index (κ1) is 17.9. The van der Waals surface area contributed by atoms with Crippen molar-refractivity contribution in [1.82, 2.24) is 19.7 Å². The van der Waals surface area contributed by atoms with E-state index in [2.05, 4.69) is 16.0 Å². The number of hydrogen-bond acceptors (Lipinski definition) is 5. The first-order chi connectivity index (χ1) is 14.7. The lowest BCUT2D eigenvalue weighted by atomic mass is 10.1. The first-order valence-corrected chi connectivity index (χ1v) is 9.58. The number of aryl methyl sites for hydroxylation is 1. The number of fused-ring (bicyclic) bond motifs is 1. The highest BCUT2D eigenvalue weighted by Crippen LogP contribution is 2.33. The number of nitrogens with zero attached hydrogens (tertiary/aromatic N) is 4.